The SMILES string of the molecule is c1ccc(C2(c3ccccc3)SCc3ccccc32)cc1. The van der Waals surface area contributed by atoms with Crippen LogP contribution in [-0.2, 0) is 10.5 Å². The van der Waals surface area contributed by atoms with Crippen molar-refractivity contribution < 1.29 is 0 Å². The highest BCUT2D eigenvalue weighted by Gasteiger charge is 2.42. The molecule has 0 fully saturated rings. The minimum Gasteiger partial charge on any atom is -0.136 e. The molecule has 0 spiro atoms. The summed E-state index contributed by atoms with van der Waals surface area (Å²) in [6, 6.07) is 30.6. The van der Waals surface area contributed by atoms with Crippen molar-refractivity contribution in [3.8, 4) is 0 Å². The van der Waals surface area contributed by atoms with Gasteiger partial charge in [0.05, 0.1) is 4.75 Å². The highest BCUT2D eigenvalue weighted by molar-refractivity contribution is 8.00. The molecule has 0 amide bonds. The molecule has 0 nitrogen and oxygen atoms in total. The first-order valence-corrected chi connectivity index (χ1v) is 8.23. The van der Waals surface area contributed by atoms with Crippen LogP contribution in [0.2, 0.25) is 0 Å². The lowest BCUT2D eigenvalue weighted by atomic mass is 9.82. The number of benzene rings is 3. The predicted molar refractivity (Wildman–Crippen MR) is 90.5 cm³/mol. The molecule has 1 aliphatic rings. The highest BCUT2D eigenvalue weighted by Crippen LogP contribution is 2.55. The summed E-state index contributed by atoms with van der Waals surface area (Å²) in [5, 5.41) is 0. The molecule has 102 valence electrons. The third-order valence-corrected chi connectivity index (χ3v) is 5.78. The maximum atomic E-state index is 2.29. The monoisotopic (exact) mass is 288 g/mol. The van der Waals surface area contributed by atoms with Crippen molar-refractivity contribution in [2.45, 2.75) is 10.5 Å². The molecule has 3 aromatic rings. The van der Waals surface area contributed by atoms with Crippen molar-refractivity contribution in [1.82, 2.24) is 0 Å². The van der Waals surface area contributed by atoms with E-state index in [1.54, 1.807) is 0 Å². The summed E-state index contributed by atoms with van der Waals surface area (Å²) in [7, 11) is 0. The fourth-order valence-electron chi connectivity index (χ4n) is 3.24. The fourth-order valence-corrected chi connectivity index (χ4v) is 4.83. The zero-order valence-electron chi connectivity index (χ0n) is 11.7. The van der Waals surface area contributed by atoms with Gasteiger partial charge in [0, 0.05) is 5.75 Å². The summed E-state index contributed by atoms with van der Waals surface area (Å²) in [5.41, 5.74) is 5.62. The standard InChI is InChI=1S/C20H16S/c1-3-10-17(11-4-1)20(18-12-5-2-6-13-18)19-14-8-7-9-16(19)15-21-20/h1-14H,15H2. The molecule has 0 N–H and O–H groups in total. The first kappa shape index (κ1) is 12.7. The van der Waals surface area contributed by atoms with E-state index in [-0.39, 0.29) is 4.75 Å². The van der Waals surface area contributed by atoms with Crippen molar-refractivity contribution in [1.29, 1.82) is 0 Å². The molecule has 1 heteroatoms. The van der Waals surface area contributed by atoms with Gasteiger partial charge in [0.25, 0.3) is 0 Å². The molecule has 0 aromatic heterocycles. The molecular weight excluding hydrogens is 272 g/mol. The molecule has 0 radical (unpaired) electrons. The Labute approximate surface area is 129 Å². The summed E-state index contributed by atoms with van der Waals surface area (Å²) in [6.45, 7) is 0. The van der Waals surface area contributed by atoms with E-state index in [1.165, 1.54) is 22.3 Å². The van der Waals surface area contributed by atoms with Crippen molar-refractivity contribution in [2.24, 2.45) is 0 Å². The van der Waals surface area contributed by atoms with E-state index < -0.39 is 0 Å². The molecular formula is C20H16S. The normalized spacial score (nSPS) is 15.6. The van der Waals surface area contributed by atoms with Crippen LogP contribution < -0.4 is 0 Å². The minimum absolute atomic E-state index is 0.0703. The smallest absolute Gasteiger partial charge is 0.0913 e. The van der Waals surface area contributed by atoms with Gasteiger partial charge in [-0.05, 0) is 22.3 Å². The van der Waals surface area contributed by atoms with Gasteiger partial charge in [-0.1, -0.05) is 84.9 Å². The van der Waals surface area contributed by atoms with Gasteiger partial charge < -0.3 is 0 Å². The van der Waals surface area contributed by atoms with Gasteiger partial charge in [-0.2, -0.15) is 0 Å². The van der Waals surface area contributed by atoms with Gasteiger partial charge >= 0.3 is 0 Å². The Morgan fingerprint density at radius 2 is 1.14 bits per heavy atom. The summed E-state index contributed by atoms with van der Waals surface area (Å²) in [5.74, 6) is 1.07. The second-order valence-corrected chi connectivity index (χ2v) is 6.55. The Bertz CT molecular complexity index is 708. The topological polar surface area (TPSA) is 0 Å². The third-order valence-electron chi connectivity index (χ3n) is 4.20. The maximum Gasteiger partial charge on any atom is 0.0913 e. The van der Waals surface area contributed by atoms with Crippen molar-refractivity contribution in [3.05, 3.63) is 107 Å². The van der Waals surface area contributed by atoms with E-state index in [4.69, 9.17) is 0 Å². The lowest BCUT2D eigenvalue weighted by Gasteiger charge is -2.31. The third kappa shape index (κ3) is 1.92. The average molecular weight is 288 g/mol. The van der Waals surface area contributed by atoms with E-state index in [2.05, 4.69) is 84.9 Å². The zero-order chi connectivity index (χ0) is 14.1. The van der Waals surface area contributed by atoms with Crippen LogP contribution in [0.25, 0.3) is 0 Å². The molecule has 1 aliphatic heterocycles. The van der Waals surface area contributed by atoms with Crippen LogP contribution in [0.4, 0.5) is 0 Å². The lowest BCUT2D eigenvalue weighted by molar-refractivity contribution is 0.907. The molecule has 0 atom stereocenters. The molecule has 0 unspecified atom stereocenters. The predicted octanol–water partition coefficient (Wildman–Crippen LogP) is 5.23. The quantitative estimate of drug-likeness (QED) is 0.622. The highest BCUT2D eigenvalue weighted by atomic mass is 32.2. The Balaban J connectivity index is 2.02. The van der Waals surface area contributed by atoms with Gasteiger partial charge in [-0.3, -0.25) is 0 Å². The van der Waals surface area contributed by atoms with E-state index in [9.17, 15) is 0 Å². The Morgan fingerprint density at radius 3 is 1.76 bits per heavy atom. The van der Waals surface area contributed by atoms with Crippen LogP contribution in [0, 0.1) is 0 Å². The summed E-state index contributed by atoms with van der Waals surface area (Å²) >= 11 is 2.02. The number of fused-ring (bicyclic) bond motifs is 1. The molecule has 0 saturated carbocycles. The number of rotatable bonds is 2. The zero-order valence-corrected chi connectivity index (χ0v) is 12.5. The summed E-state index contributed by atoms with van der Waals surface area (Å²) in [4.78, 5) is 0. The molecule has 21 heavy (non-hydrogen) atoms. The number of thioether (sulfide) groups is 1. The Kier molecular flexibility index (Phi) is 3.08. The second-order valence-electron chi connectivity index (χ2n) is 5.36. The summed E-state index contributed by atoms with van der Waals surface area (Å²) < 4.78 is -0.0703. The summed E-state index contributed by atoms with van der Waals surface area (Å²) in [6.07, 6.45) is 0. The molecule has 3 aromatic carbocycles. The molecule has 4 rings (SSSR count). The minimum atomic E-state index is -0.0703. The lowest BCUT2D eigenvalue weighted by Crippen LogP contribution is -2.22. The first-order valence-electron chi connectivity index (χ1n) is 7.25. The fraction of sp³-hybridized carbons (Fsp3) is 0.100. The number of hydrogen-bond acceptors (Lipinski definition) is 1. The molecule has 0 saturated heterocycles. The van der Waals surface area contributed by atoms with E-state index in [0.29, 0.717) is 0 Å². The van der Waals surface area contributed by atoms with E-state index in [1.807, 2.05) is 11.8 Å². The number of hydrogen-bond donors (Lipinski definition) is 0. The van der Waals surface area contributed by atoms with Crippen molar-refractivity contribution in [2.75, 3.05) is 0 Å². The van der Waals surface area contributed by atoms with Gasteiger partial charge in [0.15, 0.2) is 0 Å². The van der Waals surface area contributed by atoms with Crippen LogP contribution in [-0.4, -0.2) is 0 Å². The van der Waals surface area contributed by atoms with Gasteiger partial charge in [0.1, 0.15) is 0 Å². The van der Waals surface area contributed by atoms with Crippen LogP contribution in [0.5, 0.6) is 0 Å². The van der Waals surface area contributed by atoms with Gasteiger partial charge in [-0.25, -0.2) is 0 Å². The van der Waals surface area contributed by atoms with Crippen LogP contribution in [0.15, 0.2) is 84.9 Å². The van der Waals surface area contributed by atoms with Crippen LogP contribution in [0.1, 0.15) is 22.3 Å². The van der Waals surface area contributed by atoms with Gasteiger partial charge in [-0.15, -0.1) is 11.8 Å². The van der Waals surface area contributed by atoms with Crippen molar-refractivity contribution >= 4 is 11.8 Å². The van der Waals surface area contributed by atoms with Crippen LogP contribution in [0.3, 0.4) is 0 Å². The average Bonchev–Trinajstić information content (AvgIpc) is 2.97. The maximum absolute atomic E-state index is 2.29. The first-order chi connectivity index (χ1) is 10.4. The Morgan fingerprint density at radius 1 is 0.619 bits per heavy atom. The van der Waals surface area contributed by atoms with E-state index in [0.717, 1.165) is 5.75 Å². The Hall–Kier alpha value is -1.99. The molecule has 0 aliphatic carbocycles. The second kappa shape index (κ2) is 5.09. The van der Waals surface area contributed by atoms with E-state index >= 15 is 0 Å². The molecule has 1 heterocycles. The van der Waals surface area contributed by atoms with Crippen molar-refractivity contribution in [3.63, 3.8) is 0 Å². The largest absolute Gasteiger partial charge is 0.136 e. The van der Waals surface area contributed by atoms with Gasteiger partial charge in [0.2, 0.25) is 0 Å². The van der Waals surface area contributed by atoms with Crippen LogP contribution >= 0.6 is 11.8 Å². The molecule has 0 bridgehead atoms.